The second-order valence-corrected chi connectivity index (χ2v) is 5.97. The monoisotopic (exact) mass is 282 g/mol. The summed E-state index contributed by atoms with van der Waals surface area (Å²) in [5, 5.41) is 9.89. The topological polar surface area (TPSA) is 83.8 Å². The van der Waals surface area contributed by atoms with Gasteiger partial charge < -0.3 is 11.1 Å². The molecule has 108 valence electrons. The van der Waals surface area contributed by atoms with Crippen molar-refractivity contribution in [3.63, 3.8) is 0 Å². The number of carbonyl (C=O) groups is 1. The molecule has 2 aliphatic carbocycles. The molecule has 2 aliphatic rings. The van der Waals surface area contributed by atoms with E-state index >= 15 is 0 Å². The molecule has 5 nitrogen and oxygen atoms in total. The number of hydrogen-bond donors (Lipinski definition) is 3. The zero-order chi connectivity index (χ0) is 14.4. The van der Waals surface area contributed by atoms with Crippen molar-refractivity contribution in [3.8, 4) is 0 Å². The molecule has 1 saturated carbocycles. The Bertz CT molecular complexity index is 715. The molecule has 4 N–H and O–H groups in total. The first-order valence-electron chi connectivity index (χ1n) is 7.49. The van der Waals surface area contributed by atoms with E-state index in [9.17, 15) is 4.79 Å². The number of benzene rings is 1. The molecule has 5 heteroatoms. The first-order valence-corrected chi connectivity index (χ1v) is 7.49. The molecule has 0 aliphatic heterocycles. The summed E-state index contributed by atoms with van der Waals surface area (Å²) in [5.41, 5.74) is 11.3. The lowest BCUT2D eigenvalue weighted by molar-refractivity contribution is 0.102. The summed E-state index contributed by atoms with van der Waals surface area (Å²) >= 11 is 0. The van der Waals surface area contributed by atoms with Gasteiger partial charge in [-0.3, -0.25) is 9.89 Å². The number of nitrogens with zero attached hydrogens (tertiary/aromatic N) is 1. The summed E-state index contributed by atoms with van der Waals surface area (Å²) in [6, 6.07) is 6.11. The second kappa shape index (κ2) is 4.62. The van der Waals surface area contributed by atoms with Gasteiger partial charge in [-0.2, -0.15) is 5.10 Å². The van der Waals surface area contributed by atoms with Crippen molar-refractivity contribution >= 4 is 17.3 Å². The van der Waals surface area contributed by atoms with Crippen molar-refractivity contribution in [2.75, 3.05) is 11.1 Å². The van der Waals surface area contributed by atoms with Crippen molar-refractivity contribution in [2.45, 2.75) is 38.0 Å². The molecule has 1 amide bonds. The third kappa shape index (κ3) is 2.18. The predicted octanol–water partition coefficient (Wildman–Crippen LogP) is 2.61. The number of hydrogen-bond acceptors (Lipinski definition) is 3. The molecule has 2 aromatic rings. The van der Waals surface area contributed by atoms with Crippen LogP contribution in [0, 0.1) is 0 Å². The Kier molecular flexibility index (Phi) is 2.74. The number of aromatic nitrogens is 2. The van der Waals surface area contributed by atoms with Crippen LogP contribution in [0.4, 0.5) is 11.4 Å². The highest BCUT2D eigenvalue weighted by Gasteiger charge is 2.30. The summed E-state index contributed by atoms with van der Waals surface area (Å²) < 4.78 is 0. The number of H-pyrrole nitrogens is 1. The van der Waals surface area contributed by atoms with E-state index < -0.39 is 0 Å². The van der Waals surface area contributed by atoms with E-state index in [1.54, 1.807) is 0 Å². The third-order valence-electron chi connectivity index (χ3n) is 4.39. The zero-order valence-corrected chi connectivity index (χ0v) is 11.8. The summed E-state index contributed by atoms with van der Waals surface area (Å²) in [7, 11) is 0. The minimum atomic E-state index is -0.242. The molecule has 1 aromatic carbocycles. The van der Waals surface area contributed by atoms with Gasteiger partial charge in [0.05, 0.1) is 11.4 Å². The number of nitrogens with two attached hydrogens (primary N) is 1. The van der Waals surface area contributed by atoms with E-state index in [1.807, 2.05) is 6.07 Å². The smallest absolute Gasteiger partial charge is 0.278 e. The van der Waals surface area contributed by atoms with Gasteiger partial charge in [-0.05, 0) is 55.4 Å². The van der Waals surface area contributed by atoms with Crippen LogP contribution in [0.3, 0.4) is 0 Å². The maximum absolute atomic E-state index is 12.3. The van der Waals surface area contributed by atoms with Crippen LogP contribution in [-0.2, 0) is 12.8 Å². The van der Waals surface area contributed by atoms with Crippen LogP contribution in [0.1, 0.15) is 52.5 Å². The van der Waals surface area contributed by atoms with E-state index in [1.165, 1.54) is 17.5 Å². The zero-order valence-electron chi connectivity index (χ0n) is 11.8. The molecule has 0 radical (unpaired) electrons. The molecule has 21 heavy (non-hydrogen) atoms. The first kappa shape index (κ1) is 12.4. The highest BCUT2D eigenvalue weighted by atomic mass is 16.2. The quantitative estimate of drug-likeness (QED) is 0.809. The van der Waals surface area contributed by atoms with E-state index in [-0.39, 0.29) is 5.91 Å². The Hall–Kier alpha value is -2.30. The maximum atomic E-state index is 12.3. The number of aryl methyl sites for hydroxylation is 2. The summed E-state index contributed by atoms with van der Waals surface area (Å²) in [6.45, 7) is 0. The molecule has 0 spiro atoms. The van der Waals surface area contributed by atoms with Crippen molar-refractivity contribution in [2.24, 2.45) is 0 Å². The van der Waals surface area contributed by atoms with Gasteiger partial charge in [0, 0.05) is 11.6 Å². The lowest BCUT2D eigenvalue weighted by atomic mass is 10.1. The fraction of sp³-hybridized carbons (Fsp3) is 0.375. The Morgan fingerprint density at radius 2 is 2.10 bits per heavy atom. The first-order chi connectivity index (χ1) is 10.2. The van der Waals surface area contributed by atoms with Crippen LogP contribution in [0.15, 0.2) is 18.2 Å². The summed E-state index contributed by atoms with van der Waals surface area (Å²) in [6.07, 6.45) is 5.68. The van der Waals surface area contributed by atoms with Crippen LogP contribution in [0.2, 0.25) is 0 Å². The van der Waals surface area contributed by atoms with Gasteiger partial charge in [-0.25, -0.2) is 0 Å². The van der Waals surface area contributed by atoms with Gasteiger partial charge >= 0.3 is 0 Å². The maximum Gasteiger partial charge on any atom is 0.278 e. The van der Waals surface area contributed by atoms with E-state index in [2.05, 4.69) is 27.6 Å². The van der Waals surface area contributed by atoms with Crippen molar-refractivity contribution in [3.05, 3.63) is 40.7 Å². The summed E-state index contributed by atoms with van der Waals surface area (Å²) in [5.74, 6) is 0.215. The molecule has 4 rings (SSSR count). The van der Waals surface area contributed by atoms with Gasteiger partial charge in [-0.15, -0.1) is 0 Å². The molecule has 1 heterocycles. The standard InChI is InChI=1S/C16H18N4O/c17-13-14(10-4-5-10)19-20-15(13)16(21)18-12-7-6-9-2-1-3-11(9)8-12/h6-8,10H,1-5,17H2,(H,18,21)(H,19,20). The van der Waals surface area contributed by atoms with Crippen molar-refractivity contribution in [1.82, 2.24) is 10.2 Å². The van der Waals surface area contributed by atoms with Gasteiger partial charge in [0.2, 0.25) is 0 Å². The number of amides is 1. The van der Waals surface area contributed by atoms with Gasteiger partial charge in [0.25, 0.3) is 5.91 Å². The third-order valence-corrected chi connectivity index (χ3v) is 4.39. The van der Waals surface area contributed by atoms with E-state index in [4.69, 9.17) is 5.73 Å². The number of anilines is 2. The molecular weight excluding hydrogens is 264 g/mol. The Labute approximate surface area is 122 Å². The summed E-state index contributed by atoms with van der Waals surface area (Å²) in [4.78, 5) is 12.3. The van der Waals surface area contributed by atoms with Gasteiger partial charge in [0.1, 0.15) is 0 Å². The fourth-order valence-corrected chi connectivity index (χ4v) is 3.06. The number of nitrogens with one attached hydrogen (secondary N) is 2. The van der Waals surface area contributed by atoms with Crippen LogP contribution < -0.4 is 11.1 Å². The highest BCUT2D eigenvalue weighted by Crippen LogP contribution is 2.42. The van der Waals surface area contributed by atoms with E-state index in [0.717, 1.165) is 37.1 Å². The van der Waals surface area contributed by atoms with Crippen LogP contribution >= 0.6 is 0 Å². The molecule has 0 saturated heterocycles. The minimum absolute atomic E-state index is 0.242. The lowest BCUT2D eigenvalue weighted by Gasteiger charge is -2.06. The van der Waals surface area contributed by atoms with Crippen LogP contribution in [-0.4, -0.2) is 16.1 Å². The molecule has 0 unspecified atom stereocenters. The number of fused-ring (bicyclic) bond motifs is 1. The Balaban J connectivity index is 1.55. The fourth-order valence-electron chi connectivity index (χ4n) is 3.06. The molecule has 0 atom stereocenters. The second-order valence-electron chi connectivity index (χ2n) is 5.97. The SMILES string of the molecule is Nc1c(C(=O)Nc2ccc3c(c2)CCC3)n[nH]c1C1CC1. The molecule has 0 bridgehead atoms. The largest absolute Gasteiger partial charge is 0.395 e. The average molecular weight is 282 g/mol. The molecule has 1 aromatic heterocycles. The highest BCUT2D eigenvalue weighted by molar-refractivity contribution is 6.06. The Morgan fingerprint density at radius 1 is 1.29 bits per heavy atom. The predicted molar refractivity (Wildman–Crippen MR) is 81.4 cm³/mol. The van der Waals surface area contributed by atoms with Crippen LogP contribution in [0.5, 0.6) is 0 Å². The molecular formula is C16H18N4O. The number of rotatable bonds is 3. The normalized spacial score (nSPS) is 16.8. The minimum Gasteiger partial charge on any atom is -0.395 e. The van der Waals surface area contributed by atoms with Gasteiger partial charge in [0.15, 0.2) is 5.69 Å². The Morgan fingerprint density at radius 3 is 2.90 bits per heavy atom. The van der Waals surface area contributed by atoms with Gasteiger partial charge in [-0.1, -0.05) is 6.07 Å². The van der Waals surface area contributed by atoms with Crippen LogP contribution in [0.25, 0.3) is 0 Å². The van der Waals surface area contributed by atoms with E-state index in [0.29, 0.717) is 17.3 Å². The number of carbonyl (C=O) groups excluding carboxylic acids is 1. The average Bonchev–Trinajstić information content (AvgIpc) is 3.07. The number of nitrogen functional groups attached to an aromatic ring is 1. The molecule has 1 fully saturated rings. The van der Waals surface area contributed by atoms with Crippen molar-refractivity contribution in [1.29, 1.82) is 0 Å². The van der Waals surface area contributed by atoms with Crippen molar-refractivity contribution < 1.29 is 4.79 Å². The number of aromatic amines is 1. The lowest BCUT2D eigenvalue weighted by Crippen LogP contribution is -2.14.